The molecule has 1 aromatic carbocycles. The van der Waals surface area contributed by atoms with Crippen molar-refractivity contribution in [3.63, 3.8) is 0 Å². The average molecular weight is 671 g/mol. The maximum Gasteiger partial charge on any atom is 0.141 e. The molecule has 1 aromatic rings. The van der Waals surface area contributed by atoms with Gasteiger partial charge in [-0.2, -0.15) is 14.0 Å². The summed E-state index contributed by atoms with van der Waals surface area (Å²) in [6, 6.07) is 10.4. The van der Waals surface area contributed by atoms with Crippen LogP contribution in [0, 0.1) is 31.9 Å². The summed E-state index contributed by atoms with van der Waals surface area (Å²) in [5, 5.41) is 0. The summed E-state index contributed by atoms with van der Waals surface area (Å²) in [4.78, 5) is 4.25. The van der Waals surface area contributed by atoms with E-state index >= 15 is 0 Å². The van der Waals surface area contributed by atoms with Crippen molar-refractivity contribution in [1.82, 2.24) is 0 Å². The minimum atomic E-state index is -4.60. The Hall–Kier alpha value is -1.90. The van der Waals surface area contributed by atoms with Gasteiger partial charge in [0.15, 0.2) is 0 Å². The first-order valence-corrected chi connectivity index (χ1v) is 18.5. The Labute approximate surface area is 281 Å². The molecule has 2 aliphatic rings. The summed E-state index contributed by atoms with van der Waals surface area (Å²) in [6.45, 7) is 25.6. The number of allylic oxidation sites excluding steroid dienone is 14. The van der Waals surface area contributed by atoms with E-state index in [1.54, 1.807) is 0 Å². The fraction of sp³-hybridized carbons (Fsp3) is 0.447. The van der Waals surface area contributed by atoms with Crippen LogP contribution in [0.3, 0.4) is 0 Å². The second-order valence-electron chi connectivity index (χ2n) is 15.8. The monoisotopic (exact) mass is 670 g/mol. The van der Waals surface area contributed by atoms with E-state index in [9.17, 15) is 14.0 Å². The molecule has 2 aliphatic heterocycles. The molecule has 0 amide bonds. The molecular weight excluding hydrogens is 620 g/mol. The van der Waals surface area contributed by atoms with Crippen molar-refractivity contribution in [2.75, 3.05) is 0 Å². The Kier molecular flexibility index (Phi) is 11.7. The maximum absolute atomic E-state index is 11.8. The van der Waals surface area contributed by atoms with Crippen LogP contribution < -0.4 is 14.0 Å². The van der Waals surface area contributed by atoms with Gasteiger partial charge >= 0.3 is 0 Å². The van der Waals surface area contributed by atoms with Crippen LogP contribution in [0.15, 0.2) is 110 Å². The topological polar surface area (TPSA) is 78.4 Å². The van der Waals surface area contributed by atoms with Gasteiger partial charge in [0.05, 0.1) is 10.2 Å². The minimum absolute atomic E-state index is 0.0456. The van der Waals surface area contributed by atoms with Crippen LogP contribution in [0.1, 0.15) is 88.6 Å². The normalized spacial score (nSPS) is 19.4. The Morgan fingerprint density at radius 1 is 0.756 bits per heavy atom. The number of halogens is 1. The first-order chi connectivity index (χ1) is 20.4. The third kappa shape index (κ3) is 11.4. The van der Waals surface area contributed by atoms with Crippen molar-refractivity contribution >= 4 is 27.4 Å². The van der Waals surface area contributed by atoms with Crippen molar-refractivity contribution in [3.8, 4) is 0 Å². The summed E-state index contributed by atoms with van der Waals surface area (Å²) in [6.07, 6.45) is 17.9. The van der Waals surface area contributed by atoms with Gasteiger partial charge in [-0.3, -0.25) is 0 Å². The average Bonchev–Trinajstić information content (AvgIpc) is 2.88. The van der Waals surface area contributed by atoms with E-state index in [-0.39, 0.29) is 10.8 Å². The molecule has 0 aliphatic carbocycles. The predicted molar refractivity (Wildman–Crippen MR) is 187 cm³/mol. The Morgan fingerprint density at radius 2 is 1.31 bits per heavy atom. The van der Waals surface area contributed by atoms with E-state index in [1.807, 2.05) is 71.5 Å². The highest BCUT2D eigenvalue weighted by atomic mass is 35.7. The highest BCUT2D eigenvalue weighted by Gasteiger charge is 2.38. The highest BCUT2D eigenvalue weighted by Crippen LogP contribution is 2.49. The van der Waals surface area contributed by atoms with Gasteiger partial charge in [0, 0.05) is 9.77 Å². The molecular formula is C38H51ClO4S2. The smallest absolute Gasteiger partial charge is 0.141 e. The van der Waals surface area contributed by atoms with Gasteiger partial charge in [0.1, 0.15) is 14.5 Å². The number of hydrogen-bond acceptors (Lipinski definition) is 5. The van der Waals surface area contributed by atoms with Crippen LogP contribution in [0.5, 0.6) is 0 Å². The lowest BCUT2D eigenvalue weighted by Crippen LogP contribution is -2.60. The molecule has 7 heteroatoms. The van der Waals surface area contributed by atoms with Gasteiger partial charge in [-0.25, -0.2) is 0 Å². The molecule has 246 valence electrons. The molecule has 0 radical (unpaired) electrons. The second-order valence-corrected chi connectivity index (χ2v) is 19.5. The Morgan fingerprint density at radius 3 is 1.78 bits per heavy atom. The lowest BCUT2D eigenvalue weighted by atomic mass is 9.89. The fourth-order valence-electron chi connectivity index (χ4n) is 4.57. The molecule has 45 heavy (non-hydrogen) atoms. The third-order valence-electron chi connectivity index (χ3n) is 7.14. The lowest BCUT2D eigenvalue weighted by Gasteiger charge is -2.32. The van der Waals surface area contributed by atoms with Gasteiger partial charge < -0.3 is 0 Å². The molecule has 0 bridgehead atoms. The van der Waals surface area contributed by atoms with Crippen LogP contribution in [-0.2, 0) is 10.2 Å². The van der Waals surface area contributed by atoms with Gasteiger partial charge in [-0.1, -0.05) is 149 Å². The molecule has 0 saturated heterocycles. The third-order valence-corrected chi connectivity index (χ3v) is 12.4. The van der Waals surface area contributed by atoms with Crippen LogP contribution in [0.2, 0.25) is 0 Å². The molecule has 4 nitrogen and oxygen atoms in total. The summed E-state index contributed by atoms with van der Waals surface area (Å²) in [5.74, 6) is 0. The van der Waals surface area contributed by atoms with Gasteiger partial charge in [0.2, 0.25) is 0 Å². The van der Waals surface area contributed by atoms with Crippen LogP contribution in [-0.4, -0.2) is 4.86 Å². The molecule has 0 spiro atoms. The summed E-state index contributed by atoms with van der Waals surface area (Å²) in [5.41, 5.74) is 3.70. The van der Waals surface area contributed by atoms with E-state index in [2.05, 4.69) is 102 Å². The van der Waals surface area contributed by atoms with Gasteiger partial charge in [-0.15, -0.1) is 0 Å². The molecule has 0 aromatic heterocycles. The van der Waals surface area contributed by atoms with Gasteiger partial charge in [0.25, 0.3) is 0 Å². The molecule has 1 unspecified atom stereocenters. The number of rotatable bonds is 7. The van der Waals surface area contributed by atoms with E-state index in [1.165, 1.54) is 20.9 Å². The Bertz CT molecular complexity index is 1470. The lowest BCUT2D eigenvalue weighted by molar-refractivity contribution is -1.91. The van der Waals surface area contributed by atoms with Crippen molar-refractivity contribution in [2.24, 2.45) is 21.7 Å². The number of benzene rings is 1. The molecule has 2 heterocycles. The molecule has 3 rings (SSSR count). The van der Waals surface area contributed by atoms with Crippen molar-refractivity contribution in [1.29, 1.82) is 0 Å². The number of thioether (sulfide) groups is 1. The van der Waals surface area contributed by atoms with E-state index < -0.39 is 31.8 Å². The van der Waals surface area contributed by atoms with Crippen molar-refractivity contribution in [3.05, 3.63) is 116 Å². The molecule has 0 saturated carbocycles. The first-order valence-electron chi connectivity index (χ1n) is 15.3. The van der Waals surface area contributed by atoms with Crippen LogP contribution >= 0.6 is 22.5 Å². The Balaban J connectivity index is 2.16. The highest BCUT2D eigenvalue weighted by molar-refractivity contribution is 8.15. The molecule has 0 fully saturated rings. The van der Waals surface area contributed by atoms with Crippen LogP contribution in [0.25, 0.3) is 0 Å². The van der Waals surface area contributed by atoms with Crippen LogP contribution in [0.4, 0.5) is 0 Å². The second kappa shape index (κ2) is 14.1. The largest absolute Gasteiger partial charge is 0.182 e. The summed E-state index contributed by atoms with van der Waals surface area (Å²) >= 11 is 1.89. The quantitative estimate of drug-likeness (QED) is 0.215. The first kappa shape index (κ1) is 37.6. The van der Waals surface area contributed by atoms with Crippen molar-refractivity contribution in [2.45, 2.75) is 89.5 Å². The fourth-order valence-corrected chi connectivity index (χ4v) is 8.80. The predicted octanol–water partition coefficient (Wildman–Crippen LogP) is 8.43. The molecule has 1 atom stereocenters. The SMILES string of the molecule is CC(C)(C)C1=CC(=CC=C(C=CC2=CC(C(C)(C)C)=S(O[Cl+3]([O-])([O-])[O-])C(C(C)(C)C)=C2)Cc2ccccc2)C=C(C(C)(C)C)S1. The zero-order chi connectivity index (χ0) is 34.0. The number of hydrogen-bond donors (Lipinski definition) is 0. The summed E-state index contributed by atoms with van der Waals surface area (Å²) < 4.78 is 40.5. The van der Waals surface area contributed by atoms with E-state index in [0.717, 1.165) is 27.3 Å². The van der Waals surface area contributed by atoms with Gasteiger partial charge in [-0.05, 0) is 84.5 Å². The van der Waals surface area contributed by atoms with E-state index in [4.69, 9.17) is 3.74 Å². The van der Waals surface area contributed by atoms with E-state index in [0.29, 0.717) is 0 Å². The maximum atomic E-state index is 11.8. The minimum Gasteiger partial charge on any atom is -0.182 e. The van der Waals surface area contributed by atoms with Crippen molar-refractivity contribution < 1.29 is 28.0 Å². The zero-order valence-corrected chi connectivity index (χ0v) is 31.4. The zero-order valence-electron chi connectivity index (χ0n) is 29.0. The standard InChI is InChI=1S/C38H51ClO4S2/c1-35(2,3)31-23-29(24-32(44-31)36(4,5)6)20-18-28(22-27-16-14-13-15-17-27)19-21-30-25-33(37(7,8)9)45(43-39(40,41)42)34(26-30)38(10,11)12/h13-21,23-26H,22H2,1-12H3. The summed E-state index contributed by atoms with van der Waals surface area (Å²) in [7, 11) is -5.91. The molecule has 0 N–H and O–H groups in total.